The average molecular weight is 280 g/mol. The zero-order valence-electron chi connectivity index (χ0n) is 12.3. The molecule has 2 aromatic heterocycles. The van der Waals surface area contributed by atoms with Crippen molar-refractivity contribution in [3.63, 3.8) is 0 Å². The molecule has 4 heteroatoms. The summed E-state index contributed by atoms with van der Waals surface area (Å²) in [6.45, 7) is 4.81. The van der Waals surface area contributed by atoms with Crippen LogP contribution in [-0.2, 0) is 19.6 Å². The van der Waals surface area contributed by atoms with Gasteiger partial charge in [0.05, 0.1) is 17.6 Å². The van der Waals surface area contributed by atoms with Crippen LogP contribution in [0.1, 0.15) is 24.7 Å². The van der Waals surface area contributed by atoms with Crippen LogP contribution >= 0.6 is 0 Å². The van der Waals surface area contributed by atoms with Crippen molar-refractivity contribution in [2.45, 2.75) is 33.0 Å². The summed E-state index contributed by atoms with van der Waals surface area (Å²) in [6, 6.07) is 12.4. The van der Waals surface area contributed by atoms with Crippen molar-refractivity contribution < 1.29 is 0 Å². The quantitative estimate of drug-likeness (QED) is 0.754. The van der Waals surface area contributed by atoms with Gasteiger partial charge in [0.1, 0.15) is 5.82 Å². The summed E-state index contributed by atoms with van der Waals surface area (Å²) in [7, 11) is 0. The van der Waals surface area contributed by atoms with Gasteiger partial charge in [-0.05, 0) is 36.2 Å². The number of nitrogens with zero attached hydrogens (tertiary/aromatic N) is 3. The van der Waals surface area contributed by atoms with Gasteiger partial charge in [0.25, 0.3) is 0 Å². The summed E-state index contributed by atoms with van der Waals surface area (Å²) in [5, 5.41) is 3.47. The Hall–Kier alpha value is -2.20. The van der Waals surface area contributed by atoms with E-state index in [2.05, 4.69) is 40.0 Å². The molecule has 108 valence electrons. The monoisotopic (exact) mass is 280 g/mol. The minimum Gasteiger partial charge on any atom is -0.327 e. The molecule has 0 aliphatic carbocycles. The molecule has 0 aliphatic heterocycles. The zero-order chi connectivity index (χ0) is 14.5. The first kappa shape index (κ1) is 13.8. The number of fused-ring (bicyclic) bond motifs is 1. The number of benzene rings is 1. The summed E-state index contributed by atoms with van der Waals surface area (Å²) < 4.78 is 2.31. The number of para-hydroxylation sites is 2. The minimum atomic E-state index is 0.775. The molecule has 2 heterocycles. The van der Waals surface area contributed by atoms with Crippen molar-refractivity contribution in [2.75, 3.05) is 0 Å². The van der Waals surface area contributed by atoms with Crippen molar-refractivity contribution in [3.05, 3.63) is 60.2 Å². The smallest absolute Gasteiger partial charge is 0.123 e. The van der Waals surface area contributed by atoms with Crippen LogP contribution < -0.4 is 5.32 Å². The van der Waals surface area contributed by atoms with E-state index in [1.165, 1.54) is 11.1 Å². The molecule has 0 saturated heterocycles. The van der Waals surface area contributed by atoms with Gasteiger partial charge in [-0.15, -0.1) is 0 Å². The molecular formula is C17H20N4. The lowest BCUT2D eigenvalue weighted by Gasteiger charge is -2.09. The van der Waals surface area contributed by atoms with Crippen molar-refractivity contribution in [3.8, 4) is 0 Å². The fraction of sp³-hybridized carbons (Fsp3) is 0.294. The lowest BCUT2D eigenvalue weighted by atomic mass is 10.3. The number of imidazole rings is 1. The van der Waals surface area contributed by atoms with E-state index in [1.807, 2.05) is 30.6 Å². The maximum atomic E-state index is 4.75. The van der Waals surface area contributed by atoms with Gasteiger partial charge in [-0.2, -0.15) is 0 Å². The van der Waals surface area contributed by atoms with Crippen molar-refractivity contribution >= 4 is 11.0 Å². The molecule has 0 fully saturated rings. The lowest BCUT2D eigenvalue weighted by molar-refractivity contribution is 0.598. The maximum Gasteiger partial charge on any atom is 0.123 e. The van der Waals surface area contributed by atoms with E-state index in [9.17, 15) is 0 Å². The second kappa shape index (κ2) is 6.50. The molecule has 0 saturated carbocycles. The van der Waals surface area contributed by atoms with Gasteiger partial charge < -0.3 is 9.88 Å². The molecule has 4 nitrogen and oxygen atoms in total. The van der Waals surface area contributed by atoms with Gasteiger partial charge in [-0.25, -0.2) is 4.98 Å². The first-order chi connectivity index (χ1) is 10.4. The molecule has 0 atom stereocenters. The molecule has 0 aliphatic rings. The molecule has 0 amide bonds. The molecule has 1 aromatic carbocycles. The van der Waals surface area contributed by atoms with Crippen LogP contribution in [0.25, 0.3) is 11.0 Å². The molecule has 3 rings (SSSR count). The first-order valence-corrected chi connectivity index (χ1v) is 7.42. The van der Waals surface area contributed by atoms with E-state index in [0.29, 0.717) is 0 Å². The van der Waals surface area contributed by atoms with E-state index >= 15 is 0 Å². The van der Waals surface area contributed by atoms with E-state index in [1.54, 1.807) is 0 Å². The molecule has 0 spiro atoms. The van der Waals surface area contributed by atoms with Crippen molar-refractivity contribution in [1.29, 1.82) is 0 Å². The SMILES string of the molecule is CCCn1c(CNCc2ccncc2)nc2ccccc21. The third-order valence-corrected chi connectivity index (χ3v) is 3.54. The highest BCUT2D eigenvalue weighted by Crippen LogP contribution is 2.16. The van der Waals surface area contributed by atoms with Gasteiger partial charge in [-0.1, -0.05) is 19.1 Å². The number of nitrogens with one attached hydrogen (secondary N) is 1. The number of rotatable bonds is 6. The second-order valence-electron chi connectivity index (χ2n) is 5.13. The first-order valence-electron chi connectivity index (χ1n) is 7.42. The Labute approximate surface area is 124 Å². The van der Waals surface area contributed by atoms with Crippen LogP contribution in [0.2, 0.25) is 0 Å². The fourth-order valence-corrected chi connectivity index (χ4v) is 2.55. The van der Waals surface area contributed by atoms with Gasteiger partial charge in [0, 0.05) is 25.5 Å². The van der Waals surface area contributed by atoms with E-state index in [4.69, 9.17) is 4.98 Å². The van der Waals surface area contributed by atoms with Crippen LogP contribution in [0.3, 0.4) is 0 Å². The molecule has 3 aromatic rings. The highest BCUT2D eigenvalue weighted by molar-refractivity contribution is 5.75. The summed E-state index contributed by atoms with van der Waals surface area (Å²) in [6.07, 6.45) is 4.75. The number of hydrogen-bond acceptors (Lipinski definition) is 3. The average Bonchev–Trinajstić information content (AvgIpc) is 2.87. The fourth-order valence-electron chi connectivity index (χ4n) is 2.55. The lowest BCUT2D eigenvalue weighted by Crippen LogP contribution is -2.16. The predicted molar refractivity (Wildman–Crippen MR) is 84.8 cm³/mol. The highest BCUT2D eigenvalue weighted by atomic mass is 15.1. The normalized spacial score (nSPS) is 11.1. The van der Waals surface area contributed by atoms with Crippen molar-refractivity contribution in [1.82, 2.24) is 19.9 Å². The van der Waals surface area contributed by atoms with E-state index < -0.39 is 0 Å². The largest absolute Gasteiger partial charge is 0.327 e. The van der Waals surface area contributed by atoms with E-state index in [0.717, 1.165) is 37.4 Å². The molecule has 0 unspecified atom stereocenters. The standard InChI is InChI=1S/C17H20N4/c1-2-11-21-16-6-4-3-5-15(16)20-17(21)13-19-12-14-7-9-18-10-8-14/h3-10,19H,2,11-13H2,1H3. The summed E-state index contributed by atoms with van der Waals surface area (Å²) in [5.41, 5.74) is 3.54. The van der Waals surface area contributed by atoms with Gasteiger partial charge in [0.2, 0.25) is 0 Å². The topological polar surface area (TPSA) is 42.7 Å². The van der Waals surface area contributed by atoms with E-state index in [-0.39, 0.29) is 0 Å². The Morgan fingerprint density at radius 1 is 1.05 bits per heavy atom. The number of pyridine rings is 1. The second-order valence-corrected chi connectivity index (χ2v) is 5.13. The summed E-state index contributed by atoms with van der Waals surface area (Å²) in [4.78, 5) is 8.79. The Balaban J connectivity index is 1.75. The zero-order valence-corrected chi connectivity index (χ0v) is 12.3. The predicted octanol–water partition coefficient (Wildman–Crippen LogP) is 3.13. The summed E-state index contributed by atoms with van der Waals surface area (Å²) in [5.74, 6) is 1.10. The molecule has 21 heavy (non-hydrogen) atoms. The van der Waals surface area contributed by atoms with Crippen LogP contribution in [0.5, 0.6) is 0 Å². The Morgan fingerprint density at radius 2 is 1.86 bits per heavy atom. The van der Waals surface area contributed by atoms with Crippen LogP contribution in [0.4, 0.5) is 0 Å². The highest BCUT2D eigenvalue weighted by Gasteiger charge is 2.08. The maximum absolute atomic E-state index is 4.75. The number of aryl methyl sites for hydroxylation is 1. The van der Waals surface area contributed by atoms with Crippen LogP contribution in [0, 0.1) is 0 Å². The van der Waals surface area contributed by atoms with Gasteiger partial charge in [0.15, 0.2) is 0 Å². The van der Waals surface area contributed by atoms with Crippen LogP contribution in [0.15, 0.2) is 48.8 Å². The van der Waals surface area contributed by atoms with Gasteiger partial charge in [-0.3, -0.25) is 4.98 Å². The minimum absolute atomic E-state index is 0.775. The third kappa shape index (κ3) is 3.11. The molecule has 0 bridgehead atoms. The van der Waals surface area contributed by atoms with Crippen LogP contribution in [-0.4, -0.2) is 14.5 Å². The Morgan fingerprint density at radius 3 is 2.67 bits per heavy atom. The molecule has 0 radical (unpaired) electrons. The molecule has 1 N–H and O–H groups in total. The number of hydrogen-bond donors (Lipinski definition) is 1. The van der Waals surface area contributed by atoms with Gasteiger partial charge >= 0.3 is 0 Å². The number of aromatic nitrogens is 3. The third-order valence-electron chi connectivity index (χ3n) is 3.54. The Bertz CT molecular complexity index is 703. The Kier molecular flexibility index (Phi) is 4.26. The van der Waals surface area contributed by atoms with Crippen molar-refractivity contribution in [2.24, 2.45) is 0 Å². The molecular weight excluding hydrogens is 260 g/mol. The summed E-state index contributed by atoms with van der Waals surface area (Å²) >= 11 is 0.